The van der Waals surface area contributed by atoms with Crippen LogP contribution >= 0.6 is 0 Å². The molecule has 1 fully saturated rings. The molecule has 2 heteroatoms. The van der Waals surface area contributed by atoms with Gasteiger partial charge >= 0.3 is 0 Å². The summed E-state index contributed by atoms with van der Waals surface area (Å²) in [6.07, 6.45) is 12.2. The average Bonchev–Trinajstić information content (AvgIpc) is 2.37. The first-order valence-corrected chi connectivity index (χ1v) is 7.71. The zero-order chi connectivity index (χ0) is 12.3. The van der Waals surface area contributed by atoms with Gasteiger partial charge in [0.25, 0.3) is 0 Å². The van der Waals surface area contributed by atoms with Gasteiger partial charge in [-0.3, -0.25) is 0 Å². The lowest BCUT2D eigenvalue weighted by molar-refractivity contribution is 0.0177. The van der Waals surface area contributed by atoms with E-state index in [2.05, 4.69) is 19.2 Å². The summed E-state index contributed by atoms with van der Waals surface area (Å²) < 4.78 is 6.00. The molecule has 0 heterocycles. The van der Waals surface area contributed by atoms with Crippen LogP contribution in [0.5, 0.6) is 0 Å². The van der Waals surface area contributed by atoms with Gasteiger partial charge in [-0.1, -0.05) is 33.1 Å². The van der Waals surface area contributed by atoms with Crippen LogP contribution in [0.3, 0.4) is 0 Å². The minimum atomic E-state index is 0.528. The smallest absolute Gasteiger partial charge is 0.0590 e. The summed E-state index contributed by atoms with van der Waals surface area (Å²) in [6.45, 7) is 6.63. The Morgan fingerprint density at radius 2 is 1.94 bits per heavy atom. The summed E-state index contributed by atoms with van der Waals surface area (Å²) in [7, 11) is 0. The topological polar surface area (TPSA) is 21.3 Å². The molecule has 0 aliphatic heterocycles. The monoisotopic (exact) mass is 241 g/mol. The third kappa shape index (κ3) is 7.05. The highest BCUT2D eigenvalue weighted by Gasteiger charge is 2.21. The lowest BCUT2D eigenvalue weighted by Gasteiger charge is -2.30. The van der Waals surface area contributed by atoms with Crippen molar-refractivity contribution in [2.24, 2.45) is 0 Å². The zero-order valence-corrected chi connectivity index (χ0v) is 11.8. The Hall–Kier alpha value is -0.0800. The van der Waals surface area contributed by atoms with Gasteiger partial charge < -0.3 is 10.1 Å². The molecule has 1 N–H and O–H groups in total. The molecule has 0 amide bonds. The molecule has 1 aliphatic carbocycles. The summed E-state index contributed by atoms with van der Waals surface area (Å²) in [5, 5.41) is 3.63. The maximum absolute atomic E-state index is 6.00. The minimum absolute atomic E-state index is 0.528. The minimum Gasteiger partial charge on any atom is -0.378 e. The van der Waals surface area contributed by atoms with Gasteiger partial charge in [0.05, 0.1) is 6.10 Å². The predicted octanol–water partition coefficient (Wildman–Crippen LogP) is 3.89. The average molecular weight is 241 g/mol. The predicted molar refractivity (Wildman–Crippen MR) is 74.4 cm³/mol. The molecule has 0 bridgehead atoms. The molecule has 0 spiro atoms. The number of nitrogens with one attached hydrogen (secondary N) is 1. The van der Waals surface area contributed by atoms with Crippen molar-refractivity contribution in [3.8, 4) is 0 Å². The first kappa shape index (κ1) is 15.0. The first-order chi connectivity index (χ1) is 8.36. The first-order valence-electron chi connectivity index (χ1n) is 7.71. The maximum Gasteiger partial charge on any atom is 0.0590 e. The number of rotatable bonds is 9. The molecule has 2 nitrogen and oxygen atoms in total. The van der Waals surface area contributed by atoms with Crippen LogP contribution in [0.1, 0.15) is 71.6 Å². The van der Waals surface area contributed by atoms with E-state index in [1.807, 2.05) is 0 Å². The summed E-state index contributed by atoms with van der Waals surface area (Å²) in [4.78, 5) is 0. The van der Waals surface area contributed by atoms with Crippen LogP contribution in [-0.4, -0.2) is 25.3 Å². The Balaban J connectivity index is 2.03. The van der Waals surface area contributed by atoms with Crippen molar-refractivity contribution in [3.05, 3.63) is 0 Å². The standard InChI is InChI=1S/C15H31NO/c1-3-5-6-7-12-17-15-10-8-9-14(13-15)16-11-4-2/h14-16H,3-13H2,1-2H3. The fraction of sp³-hybridized carbons (Fsp3) is 1.00. The van der Waals surface area contributed by atoms with Crippen LogP contribution in [0.25, 0.3) is 0 Å². The molecule has 2 unspecified atom stereocenters. The summed E-state index contributed by atoms with van der Waals surface area (Å²) in [6, 6.07) is 0.712. The van der Waals surface area contributed by atoms with E-state index in [0.29, 0.717) is 12.1 Å². The molecule has 102 valence electrons. The molecule has 0 aromatic heterocycles. The van der Waals surface area contributed by atoms with Crippen LogP contribution in [0, 0.1) is 0 Å². The Kier molecular flexibility index (Phi) is 8.72. The van der Waals surface area contributed by atoms with E-state index in [4.69, 9.17) is 4.74 Å². The molecule has 0 saturated heterocycles. The molecule has 1 rings (SSSR count). The van der Waals surface area contributed by atoms with Gasteiger partial charge in [0.1, 0.15) is 0 Å². The molecule has 0 aromatic carbocycles. The van der Waals surface area contributed by atoms with Crippen molar-refractivity contribution in [1.82, 2.24) is 5.32 Å². The number of hydrogen-bond acceptors (Lipinski definition) is 2. The molecule has 2 atom stereocenters. The van der Waals surface area contributed by atoms with E-state index >= 15 is 0 Å². The lowest BCUT2D eigenvalue weighted by atomic mass is 9.93. The maximum atomic E-state index is 6.00. The quantitative estimate of drug-likeness (QED) is 0.618. The SMILES string of the molecule is CCCCCCOC1CCCC(NCCC)C1. The van der Waals surface area contributed by atoms with Gasteiger partial charge in [-0.25, -0.2) is 0 Å². The molecule has 17 heavy (non-hydrogen) atoms. The largest absolute Gasteiger partial charge is 0.378 e. The van der Waals surface area contributed by atoms with Crippen LogP contribution in [0.2, 0.25) is 0 Å². The second-order valence-corrected chi connectivity index (χ2v) is 5.37. The Labute approximate surface area is 108 Å². The van der Waals surface area contributed by atoms with Gasteiger partial charge in [0, 0.05) is 12.6 Å². The van der Waals surface area contributed by atoms with Crippen molar-refractivity contribution in [3.63, 3.8) is 0 Å². The molecule has 1 saturated carbocycles. The van der Waals surface area contributed by atoms with Crippen molar-refractivity contribution in [1.29, 1.82) is 0 Å². The molecule has 1 aliphatic rings. The van der Waals surface area contributed by atoms with Gasteiger partial charge in [0.15, 0.2) is 0 Å². The summed E-state index contributed by atoms with van der Waals surface area (Å²) in [5.74, 6) is 0. The van der Waals surface area contributed by atoms with Crippen molar-refractivity contribution in [2.75, 3.05) is 13.2 Å². The van der Waals surface area contributed by atoms with Crippen LogP contribution in [0.15, 0.2) is 0 Å². The lowest BCUT2D eigenvalue weighted by Crippen LogP contribution is -2.37. The highest BCUT2D eigenvalue weighted by molar-refractivity contribution is 4.78. The van der Waals surface area contributed by atoms with Crippen molar-refractivity contribution in [2.45, 2.75) is 83.8 Å². The van der Waals surface area contributed by atoms with Gasteiger partial charge in [-0.15, -0.1) is 0 Å². The van der Waals surface area contributed by atoms with Gasteiger partial charge in [0.2, 0.25) is 0 Å². The second kappa shape index (κ2) is 9.90. The van der Waals surface area contributed by atoms with E-state index in [9.17, 15) is 0 Å². The fourth-order valence-corrected chi connectivity index (χ4v) is 2.61. The third-order valence-electron chi connectivity index (χ3n) is 3.66. The van der Waals surface area contributed by atoms with Crippen molar-refractivity contribution < 1.29 is 4.74 Å². The normalized spacial score (nSPS) is 25.1. The molecule has 0 aromatic rings. The Morgan fingerprint density at radius 3 is 2.71 bits per heavy atom. The molecular formula is C15H31NO. The second-order valence-electron chi connectivity index (χ2n) is 5.37. The van der Waals surface area contributed by atoms with E-state index in [-0.39, 0.29) is 0 Å². The number of hydrogen-bond donors (Lipinski definition) is 1. The van der Waals surface area contributed by atoms with E-state index < -0.39 is 0 Å². The Morgan fingerprint density at radius 1 is 1.06 bits per heavy atom. The molecule has 0 radical (unpaired) electrons. The van der Waals surface area contributed by atoms with Crippen LogP contribution in [-0.2, 0) is 4.74 Å². The van der Waals surface area contributed by atoms with Crippen molar-refractivity contribution >= 4 is 0 Å². The number of ether oxygens (including phenoxy) is 1. The summed E-state index contributed by atoms with van der Waals surface area (Å²) >= 11 is 0. The highest BCUT2D eigenvalue weighted by Crippen LogP contribution is 2.21. The van der Waals surface area contributed by atoms with E-state index in [1.54, 1.807) is 0 Å². The van der Waals surface area contributed by atoms with Gasteiger partial charge in [-0.2, -0.15) is 0 Å². The van der Waals surface area contributed by atoms with Crippen LogP contribution < -0.4 is 5.32 Å². The fourth-order valence-electron chi connectivity index (χ4n) is 2.61. The zero-order valence-electron chi connectivity index (χ0n) is 11.8. The number of unbranched alkanes of at least 4 members (excludes halogenated alkanes) is 3. The highest BCUT2D eigenvalue weighted by atomic mass is 16.5. The Bertz CT molecular complexity index is 172. The van der Waals surface area contributed by atoms with Gasteiger partial charge in [-0.05, 0) is 45.1 Å². The molecular weight excluding hydrogens is 210 g/mol. The summed E-state index contributed by atoms with van der Waals surface area (Å²) in [5.41, 5.74) is 0. The van der Waals surface area contributed by atoms with E-state index in [0.717, 1.165) is 13.2 Å². The third-order valence-corrected chi connectivity index (χ3v) is 3.66. The van der Waals surface area contributed by atoms with Crippen LogP contribution in [0.4, 0.5) is 0 Å². The van der Waals surface area contributed by atoms with E-state index in [1.165, 1.54) is 57.8 Å².